The number of nitrogens with zero attached hydrogens (tertiary/aromatic N) is 3. The number of aromatic nitrogens is 1. The van der Waals surface area contributed by atoms with Crippen LogP contribution in [0.1, 0.15) is 61.5 Å². The summed E-state index contributed by atoms with van der Waals surface area (Å²) < 4.78 is 25.6. The lowest BCUT2D eigenvalue weighted by atomic mass is 9.92. The number of ether oxygens (including phenoxy) is 4. The summed E-state index contributed by atoms with van der Waals surface area (Å²) >= 11 is 0. The zero-order chi connectivity index (χ0) is 36.4. The van der Waals surface area contributed by atoms with E-state index in [9.17, 15) is 4.79 Å². The molecule has 1 atom stereocenters. The van der Waals surface area contributed by atoms with Gasteiger partial charge in [0.1, 0.15) is 12.4 Å². The van der Waals surface area contributed by atoms with Crippen molar-refractivity contribution in [1.29, 1.82) is 0 Å². The first kappa shape index (κ1) is 34.4. The van der Waals surface area contributed by atoms with Crippen molar-refractivity contribution in [3.63, 3.8) is 0 Å². The zero-order valence-electron chi connectivity index (χ0n) is 30.5. The Morgan fingerprint density at radius 1 is 0.759 bits per heavy atom. The van der Waals surface area contributed by atoms with Crippen LogP contribution in [0, 0.1) is 0 Å². The number of carbonyl (C=O) groups excluding carboxylic acids is 2. The summed E-state index contributed by atoms with van der Waals surface area (Å²) in [5.41, 5.74) is 8.49. The van der Waals surface area contributed by atoms with E-state index in [0.29, 0.717) is 43.4 Å². The lowest BCUT2D eigenvalue weighted by Crippen LogP contribution is -2.52. The number of Topliss-reactive ketones (excluding diaryl/α,β-unsaturated/α-hetero) is 1. The van der Waals surface area contributed by atoms with Gasteiger partial charge >= 0.3 is 0 Å². The molecular formula is C45H45N3O6. The minimum Gasteiger partial charge on any atom is -0.489 e. The standard InChI is InChI=1S/C45H45N3O6/c49-42(22-31-13-15-36(16-14-31)52-29-32-8-2-1-3-9-32)39-24-41(47-17-7-6-12-40(39)47)37-25-43-44(54-30-53-43)26-38(37)45(50)48-27-34-11-5-4-10-33(34)23-35(48)28-46-18-20-51-21-19-46/h1-5,8-11,13-16,24-26,35H,6-7,12,17-23,27-30H2/t35-/m0/s1. The quantitative estimate of drug-likeness (QED) is 0.142. The molecule has 0 bridgehead atoms. The fourth-order valence-electron chi connectivity index (χ4n) is 8.42. The van der Waals surface area contributed by atoms with Gasteiger partial charge in [-0.15, -0.1) is 0 Å². The van der Waals surface area contributed by atoms with Gasteiger partial charge in [0.05, 0.1) is 18.8 Å². The topological polar surface area (TPSA) is 82.5 Å². The van der Waals surface area contributed by atoms with Gasteiger partial charge in [-0.1, -0.05) is 66.7 Å². The molecule has 276 valence electrons. The third-order valence-corrected chi connectivity index (χ3v) is 11.3. The van der Waals surface area contributed by atoms with Crippen molar-refractivity contribution in [2.45, 2.75) is 57.8 Å². The molecule has 5 heterocycles. The number of hydrogen-bond donors (Lipinski definition) is 0. The molecule has 1 saturated heterocycles. The van der Waals surface area contributed by atoms with Gasteiger partial charge < -0.3 is 28.4 Å². The van der Waals surface area contributed by atoms with Crippen LogP contribution in [0.2, 0.25) is 0 Å². The monoisotopic (exact) mass is 723 g/mol. The molecule has 9 rings (SSSR count). The molecule has 0 unspecified atom stereocenters. The van der Waals surface area contributed by atoms with Crippen LogP contribution in [0.25, 0.3) is 11.3 Å². The lowest BCUT2D eigenvalue weighted by Gasteiger charge is -2.40. The van der Waals surface area contributed by atoms with Crippen molar-refractivity contribution in [3.8, 4) is 28.5 Å². The Hall–Kier alpha value is -5.38. The Kier molecular flexibility index (Phi) is 9.66. The van der Waals surface area contributed by atoms with Crippen molar-refractivity contribution < 1.29 is 28.5 Å². The van der Waals surface area contributed by atoms with Gasteiger partial charge in [0.15, 0.2) is 17.3 Å². The van der Waals surface area contributed by atoms with E-state index < -0.39 is 0 Å². The average molecular weight is 724 g/mol. The van der Waals surface area contributed by atoms with E-state index in [1.54, 1.807) is 0 Å². The fourth-order valence-corrected chi connectivity index (χ4v) is 8.42. The number of hydrogen-bond acceptors (Lipinski definition) is 7. The number of amides is 1. The van der Waals surface area contributed by atoms with Crippen LogP contribution in [0.5, 0.6) is 17.2 Å². The van der Waals surface area contributed by atoms with Gasteiger partial charge in [-0.2, -0.15) is 0 Å². The van der Waals surface area contributed by atoms with Gasteiger partial charge in [0.2, 0.25) is 6.79 Å². The van der Waals surface area contributed by atoms with Crippen LogP contribution < -0.4 is 14.2 Å². The van der Waals surface area contributed by atoms with E-state index in [2.05, 4.69) is 38.6 Å². The first-order chi connectivity index (χ1) is 26.6. The Labute approximate surface area is 316 Å². The SMILES string of the molecule is O=C(Cc1ccc(OCc2ccccc2)cc1)c1cc(-c2cc3c(cc2C(=O)N2Cc4ccccc4C[C@H]2CN2CCOCC2)OCO3)n2c1CCCC2. The molecular weight excluding hydrogens is 679 g/mol. The fraction of sp³-hybridized carbons (Fsp3) is 0.333. The van der Waals surface area contributed by atoms with Gasteiger partial charge in [0, 0.05) is 67.7 Å². The van der Waals surface area contributed by atoms with Crippen LogP contribution in [-0.2, 0) is 43.7 Å². The molecule has 0 radical (unpaired) electrons. The molecule has 0 spiro atoms. The summed E-state index contributed by atoms with van der Waals surface area (Å²) in [5.74, 6) is 1.98. The highest BCUT2D eigenvalue weighted by atomic mass is 16.7. The summed E-state index contributed by atoms with van der Waals surface area (Å²) in [5, 5.41) is 0. The minimum atomic E-state index is -0.0372. The van der Waals surface area contributed by atoms with E-state index in [4.69, 9.17) is 18.9 Å². The van der Waals surface area contributed by atoms with E-state index in [-0.39, 0.29) is 30.9 Å². The second-order valence-corrected chi connectivity index (χ2v) is 14.7. The molecule has 4 aromatic carbocycles. The maximum atomic E-state index is 15.1. The summed E-state index contributed by atoms with van der Waals surface area (Å²) in [4.78, 5) is 33.7. The van der Waals surface area contributed by atoms with Crippen LogP contribution in [-0.4, -0.2) is 71.7 Å². The van der Waals surface area contributed by atoms with Crippen molar-refractivity contribution in [2.24, 2.45) is 0 Å². The highest BCUT2D eigenvalue weighted by Crippen LogP contribution is 2.42. The van der Waals surface area contributed by atoms with Crippen LogP contribution in [0.3, 0.4) is 0 Å². The molecule has 0 N–H and O–H groups in total. The molecule has 5 aromatic rings. The lowest BCUT2D eigenvalue weighted by molar-refractivity contribution is 0.0193. The smallest absolute Gasteiger partial charge is 0.255 e. The molecule has 9 heteroatoms. The van der Waals surface area contributed by atoms with E-state index in [1.165, 1.54) is 11.1 Å². The summed E-state index contributed by atoms with van der Waals surface area (Å²) in [6, 6.07) is 32.2. The highest BCUT2D eigenvalue weighted by Gasteiger charge is 2.35. The van der Waals surface area contributed by atoms with Crippen molar-refractivity contribution in [3.05, 3.63) is 136 Å². The van der Waals surface area contributed by atoms with Crippen LogP contribution in [0.4, 0.5) is 0 Å². The third-order valence-electron chi connectivity index (χ3n) is 11.3. The predicted octanol–water partition coefficient (Wildman–Crippen LogP) is 7.12. The first-order valence-corrected chi connectivity index (χ1v) is 19.2. The average Bonchev–Trinajstić information content (AvgIpc) is 3.85. The summed E-state index contributed by atoms with van der Waals surface area (Å²) in [7, 11) is 0. The molecule has 1 amide bonds. The van der Waals surface area contributed by atoms with Crippen LogP contribution >= 0.6 is 0 Å². The number of morpholine rings is 1. The number of benzene rings is 4. The van der Waals surface area contributed by atoms with E-state index in [0.717, 1.165) is 91.3 Å². The number of carbonyl (C=O) groups is 2. The van der Waals surface area contributed by atoms with Crippen LogP contribution in [0.15, 0.2) is 97.1 Å². The molecule has 1 aromatic heterocycles. The van der Waals surface area contributed by atoms with Gasteiger partial charge in [-0.3, -0.25) is 14.5 Å². The zero-order valence-corrected chi connectivity index (χ0v) is 30.5. The first-order valence-electron chi connectivity index (χ1n) is 19.2. The molecule has 4 aliphatic heterocycles. The number of ketones is 1. The maximum absolute atomic E-state index is 15.1. The Morgan fingerprint density at radius 2 is 1.52 bits per heavy atom. The van der Waals surface area contributed by atoms with Gasteiger partial charge in [-0.05, 0) is 78.3 Å². The normalized spacial score (nSPS) is 17.9. The summed E-state index contributed by atoms with van der Waals surface area (Å²) in [6.07, 6.45) is 3.90. The van der Waals surface area contributed by atoms with E-state index in [1.807, 2.05) is 72.8 Å². The van der Waals surface area contributed by atoms with E-state index >= 15 is 4.79 Å². The highest BCUT2D eigenvalue weighted by molar-refractivity contribution is 6.04. The van der Waals surface area contributed by atoms with Crippen molar-refractivity contribution in [2.75, 3.05) is 39.6 Å². The van der Waals surface area contributed by atoms with Gasteiger partial charge in [-0.25, -0.2) is 0 Å². The molecule has 0 saturated carbocycles. The van der Waals surface area contributed by atoms with Gasteiger partial charge in [0.25, 0.3) is 5.91 Å². The largest absolute Gasteiger partial charge is 0.489 e. The second kappa shape index (κ2) is 15.2. The number of rotatable bonds is 10. The second-order valence-electron chi connectivity index (χ2n) is 14.7. The molecule has 1 fully saturated rings. The van der Waals surface area contributed by atoms with Crippen molar-refractivity contribution >= 4 is 11.7 Å². The van der Waals surface area contributed by atoms with Crippen molar-refractivity contribution in [1.82, 2.24) is 14.4 Å². The molecule has 54 heavy (non-hydrogen) atoms. The molecule has 4 aliphatic rings. The number of fused-ring (bicyclic) bond motifs is 3. The molecule has 0 aliphatic carbocycles. The summed E-state index contributed by atoms with van der Waals surface area (Å²) in [6.45, 7) is 5.81. The maximum Gasteiger partial charge on any atom is 0.255 e. The Balaban J connectivity index is 1.03. The third kappa shape index (κ3) is 7.01. The predicted molar refractivity (Wildman–Crippen MR) is 205 cm³/mol. The molecule has 9 nitrogen and oxygen atoms in total. The minimum absolute atomic E-state index is 0.00253. The Bertz CT molecular complexity index is 2150. The Morgan fingerprint density at radius 3 is 2.33 bits per heavy atom.